The quantitative estimate of drug-likeness (QED) is 0.316. The highest BCUT2D eigenvalue weighted by atomic mass is 16.1. The molecular formula is C32H50N8O. The number of nitrogens with zero attached hydrogens (tertiary/aromatic N) is 6. The molecule has 3 heterocycles. The Labute approximate surface area is 245 Å². The third kappa shape index (κ3) is 7.19. The van der Waals surface area contributed by atoms with E-state index < -0.39 is 0 Å². The van der Waals surface area contributed by atoms with Crippen molar-refractivity contribution < 1.29 is 0 Å². The number of fused-ring (bicyclic) bond motifs is 1. The highest BCUT2D eigenvalue weighted by molar-refractivity contribution is 5.96. The average Bonchev–Trinajstić information content (AvgIpc) is 2.93. The van der Waals surface area contributed by atoms with Gasteiger partial charge in [0, 0.05) is 64.1 Å². The number of hydrogen-bond donors (Lipinski definition) is 2. The van der Waals surface area contributed by atoms with Crippen LogP contribution in [0.15, 0.2) is 40.6 Å². The molecule has 0 amide bonds. The van der Waals surface area contributed by atoms with E-state index in [-0.39, 0.29) is 5.56 Å². The Balaban J connectivity index is 1.46. The van der Waals surface area contributed by atoms with Gasteiger partial charge in [0.1, 0.15) is 5.82 Å². The van der Waals surface area contributed by atoms with Gasteiger partial charge in [-0.25, -0.2) is 9.98 Å². The molecule has 9 nitrogen and oxygen atoms in total. The molecule has 3 aliphatic rings. The molecule has 2 N–H and O–H groups in total. The molecular weight excluding hydrogens is 512 g/mol. The molecule has 0 radical (unpaired) electrons. The Morgan fingerprint density at radius 1 is 1.22 bits per heavy atom. The predicted molar refractivity (Wildman–Crippen MR) is 170 cm³/mol. The van der Waals surface area contributed by atoms with Crippen LogP contribution in [0.4, 0.5) is 5.69 Å². The minimum absolute atomic E-state index is 0.00552. The topological polar surface area (TPSA) is 81.0 Å². The van der Waals surface area contributed by atoms with Gasteiger partial charge in [-0.1, -0.05) is 26.8 Å². The van der Waals surface area contributed by atoms with E-state index in [1.807, 2.05) is 18.2 Å². The van der Waals surface area contributed by atoms with E-state index in [2.05, 4.69) is 66.7 Å². The molecule has 1 aromatic carbocycles. The molecule has 9 heteroatoms. The van der Waals surface area contributed by atoms with E-state index >= 15 is 0 Å². The second-order valence-corrected chi connectivity index (χ2v) is 13.4. The summed E-state index contributed by atoms with van der Waals surface area (Å²) in [5.74, 6) is 2.27. The van der Waals surface area contributed by atoms with Gasteiger partial charge in [0.15, 0.2) is 5.96 Å². The van der Waals surface area contributed by atoms with Crippen LogP contribution in [0.2, 0.25) is 0 Å². The molecule has 0 unspecified atom stereocenters. The molecule has 0 spiro atoms. The van der Waals surface area contributed by atoms with Gasteiger partial charge in [0.2, 0.25) is 0 Å². The Bertz CT molecular complexity index is 1310. The first-order valence-electron chi connectivity index (χ1n) is 15.5. The molecule has 1 aromatic heterocycles. The summed E-state index contributed by atoms with van der Waals surface area (Å²) < 4.78 is 1.78. The Morgan fingerprint density at radius 2 is 2.00 bits per heavy atom. The molecule has 2 saturated heterocycles. The van der Waals surface area contributed by atoms with E-state index in [9.17, 15) is 4.79 Å². The van der Waals surface area contributed by atoms with Gasteiger partial charge in [0.25, 0.3) is 5.56 Å². The lowest BCUT2D eigenvalue weighted by Gasteiger charge is -2.39. The Kier molecular flexibility index (Phi) is 9.16. The van der Waals surface area contributed by atoms with Crippen molar-refractivity contribution in [2.75, 3.05) is 58.2 Å². The van der Waals surface area contributed by atoms with Crippen molar-refractivity contribution in [1.82, 2.24) is 29.6 Å². The molecule has 0 bridgehead atoms. The first-order chi connectivity index (χ1) is 19.6. The normalized spacial score (nSPS) is 26.3. The zero-order valence-corrected chi connectivity index (χ0v) is 25.8. The van der Waals surface area contributed by atoms with E-state index in [1.165, 1.54) is 12.8 Å². The van der Waals surface area contributed by atoms with Crippen LogP contribution in [0.3, 0.4) is 0 Å². The molecule has 3 atom stereocenters. The predicted octanol–water partition coefficient (Wildman–Crippen LogP) is 3.61. The van der Waals surface area contributed by atoms with Crippen molar-refractivity contribution in [3.63, 3.8) is 0 Å². The summed E-state index contributed by atoms with van der Waals surface area (Å²) >= 11 is 0. The van der Waals surface area contributed by atoms with Gasteiger partial charge < -0.3 is 20.4 Å². The van der Waals surface area contributed by atoms with Crippen molar-refractivity contribution >= 4 is 22.5 Å². The SMILES string of the molecule is C=CCn1c(CN2CCN(C)CC2)nc2cc(NC(=N[C@H]3CCC(C)(C)C[C@@H]3C)N3CCN[C@@H](C)C3)ccc2c1=O. The molecule has 224 valence electrons. The maximum atomic E-state index is 13.6. The molecule has 2 aliphatic heterocycles. The summed E-state index contributed by atoms with van der Waals surface area (Å²) in [6, 6.07) is 6.64. The van der Waals surface area contributed by atoms with Crippen LogP contribution >= 0.6 is 0 Å². The van der Waals surface area contributed by atoms with Gasteiger partial charge in [-0.2, -0.15) is 0 Å². The number of benzene rings is 1. The number of aromatic nitrogens is 2. The number of allylic oxidation sites excluding steroid dienone is 1. The zero-order chi connectivity index (χ0) is 29.1. The van der Waals surface area contributed by atoms with E-state index in [1.54, 1.807) is 10.6 Å². The summed E-state index contributed by atoms with van der Waals surface area (Å²) in [5.41, 5.74) is 2.02. The van der Waals surface area contributed by atoms with Crippen LogP contribution in [-0.2, 0) is 13.1 Å². The van der Waals surface area contributed by atoms with Crippen LogP contribution in [0.25, 0.3) is 10.9 Å². The molecule has 1 saturated carbocycles. The van der Waals surface area contributed by atoms with Crippen LogP contribution in [0.5, 0.6) is 0 Å². The van der Waals surface area contributed by atoms with Gasteiger partial charge in [0.05, 0.1) is 23.5 Å². The van der Waals surface area contributed by atoms with Gasteiger partial charge in [-0.15, -0.1) is 6.58 Å². The molecule has 2 aromatic rings. The number of hydrogen-bond acceptors (Lipinski definition) is 6. The lowest BCUT2D eigenvalue weighted by Crippen LogP contribution is -2.53. The smallest absolute Gasteiger partial charge is 0.261 e. The van der Waals surface area contributed by atoms with Crippen molar-refractivity contribution in [3.8, 4) is 0 Å². The summed E-state index contributed by atoms with van der Waals surface area (Å²) in [6.07, 6.45) is 5.28. The van der Waals surface area contributed by atoms with Gasteiger partial charge in [-0.3, -0.25) is 14.3 Å². The molecule has 5 rings (SSSR count). The lowest BCUT2D eigenvalue weighted by atomic mass is 9.71. The minimum atomic E-state index is -0.00552. The largest absolute Gasteiger partial charge is 0.340 e. The molecule has 3 fully saturated rings. The van der Waals surface area contributed by atoms with Crippen LogP contribution in [0.1, 0.15) is 52.8 Å². The monoisotopic (exact) mass is 562 g/mol. The van der Waals surface area contributed by atoms with E-state index in [0.29, 0.717) is 41.9 Å². The fourth-order valence-electron chi connectivity index (χ4n) is 6.72. The maximum absolute atomic E-state index is 13.6. The maximum Gasteiger partial charge on any atom is 0.261 e. The van der Waals surface area contributed by atoms with Crippen LogP contribution in [0, 0.1) is 11.3 Å². The number of guanidine groups is 1. The third-order valence-electron chi connectivity index (χ3n) is 9.17. The van der Waals surface area contributed by atoms with Crippen LogP contribution < -0.4 is 16.2 Å². The van der Waals surface area contributed by atoms with Crippen molar-refractivity contribution in [2.45, 2.75) is 72.1 Å². The number of likely N-dealkylation sites (N-methyl/N-ethyl adjacent to an activating group) is 1. The van der Waals surface area contributed by atoms with Gasteiger partial charge in [-0.05, 0) is 62.8 Å². The van der Waals surface area contributed by atoms with E-state index in [4.69, 9.17) is 9.98 Å². The standard InChI is InChI=1S/C32H50N8O/c1-7-13-40-29(22-38-17-15-37(6)16-18-38)35-28-19-25(8-9-26(28)30(40)41)34-31(39-14-12-33-24(3)21-39)36-27-10-11-32(4,5)20-23(27)2/h7-9,19,23-24,27,33H,1,10-18,20-22H2,2-6H3,(H,34,36)/t23-,24-,27-/m0/s1. The Morgan fingerprint density at radius 3 is 2.71 bits per heavy atom. The first kappa shape index (κ1) is 29.7. The number of aliphatic imine (C=N–C) groups is 1. The van der Waals surface area contributed by atoms with Gasteiger partial charge >= 0.3 is 0 Å². The molecule has 1 aliphatic carbocycles. The highest BCUT2D eigenvalue weighted by Gasteiger charge is 2.33. The van der Waals surface area contributed by atoms with Crippen molar-refractivity contribution in [2.24, 2.45) is 16.3 Å². The summed E-state index contributed by atoms with van der Waals surface area (Å²) in [5, 5.41) is 7.87. The number of anilines is 1. The summed E-state index contributed by atoms with van der Waals surface area (Å²) in [4.78, 5) is 31.1. The zero-order valence-electron chi connectivity index (χ0n) is 25.8. The summed E-state index contributed by atoms with van der Waals surface area (Å²) in [7, 11) is 2.15. The second-order valence-electron chi connectivity index (χ2n) is 13.4. The van der Waals surface area contributed by atoms with Crippen molar-refractivity contribution in [3.05, 3.63) is 47.0 Å². The molecule has 41 heavy (non-hydrogen) atoms. The van der Waals surface area contributed by atoms with E-state index in [0.717, 1.165) is 75.2 Å². The van der Waals surface area contributed by atoms with Crippen LogP contribution in [-0.4, -0.2) is 95.2 Å². The van der Waals surface area contributed by atoms with Crippen molar-refractivity contribution in [1.29, 1.82) is 0 Å². The third-order valence-corrected chi connectivity index (χ3v) is 9.17. The first-order valence-corrected chi connectivity index (χ1v) is 15.5. The number of rotatable bonds is 6. The average molecular weight is 563 g/mol. The fraction of sp³-hybridized carbons (Fsp3) is 0.656. The Hall–Kier alpha value is -2.75. The fourth-order valence-corrected chi connectivity index (χ4v) is 6.72. The number of piperazine rings is 2. The highest BCUT2D eigenvalue weighted by Crippen LogP contribution is 2.40. The lowest BCUT2D eigenvalue weighted by molar-refractivity contribution is 0.144. The summed E-state index contributed by atoms with van der Waals surface area (Å²) in [6.45, 7) is 21.1. The number of nitrogens with one attached hydrogen (secondary N) is 2. The minimum Gasteiger partial charge on any atom is -0.340 e. The second kappa shape index (κ2) is 12.6.